The van der Waals surface area contributed by atoms with E-state index in [1.807, 2.05) is 18.2 Å². The standard InChI is InChI=1S/C17H11N.C5H5.C3H6.2ClH.Zr/c1-2-5-13-10-15(9-8-12(13)4-1)17-11-14-6-3-7-16(14)18-17;1-2-4-5-3-1;1-3-2;;;/h1-11H;1-3H,4H2;1-2H3;2*1H;/q;-1;;;;+2/p-2. The summed E-state index contributed by atoms with van der Waals surface area (Å²) in [5.74, 6) is 0. The fourth-order valence-electron chi connectivity index (χ4n) is 2.79. The Balaban J connectivity index is 0.000000324. The molecule has 0 aromatic heterocycles. The van der Waals surface area contributed by atoms with Crippen LogP contribution in [0.1, 0.15) is 25.8 Å². The molecule has 0 saturated heterocycles. The molecule has 1 heterocycles. The summed E-state index contributed by atoms with van der Waals surface area (Å²) in [6.45, 7) is 4.25. The van der Waals surface area contributed by atoms with Gasteiger partial charge in [0.05, 0.1) is 11.4 Å². The smallest absolute Gasteiger partial charge is 0.109 e. The predicted molar refractivity (Wildman–Crippen MR) is 114 cm³/mol. The molecule has 0 spiro atoms. The van der Waals surface area contributed by atoms with Gasteiger partial charge in [0.2, 0.25) is 0 Å². The monoisotopic (exact) mass is 496 g/mol. The van der Waals surface area contributed by atoms with Crippen LogP contribution in [-0.2, 0) is 24.2 Å². The van der Waals surface area contributed by atoms with Gasteiger partial charge in [0.15, 0.2) is 0 Å². The molecule has 0 N–H and O–H groups in total. The van der Waals surface area contributed by atoms with Crippen LogP contribution in [-0.4, -0.2) is 8.92 Å². The van der Waals surface area contributed by atoms with Crippen molar-refractivity contribution in [1.29, 1.82) is 0 Å². The van der Waals surface area contributed by atoms with Gasteiger partial charge in [0.1, 0.15) is 0 Å². The summed E-state index contributed by atoms with van der Waals surface area (Å²) >= 11 is 1.55. The summed E-state index contributed by atoms with van der Waals surface area (Å²) in [6.07, 6.45) is 18.4. The van der Waals surface area contributed by atoms with Crippen molar-refractivity contribution in [3.63, 3.8) is 0 Å². The van der Waals surface area contributed by atoms with Crippen LogP contribution in [0.15, 0.2) is 101 Å². The van der Waals surface area contributed by atoms with Gasteiger partial charge in [-0.1, -0.05) is 48.6 Å². The second-order valence-corrected chi connectivity index (χ2v) is 9.03. The van der Waals surface area contributed by atoms with Crippen molar-refractivity contribution in [3.8, 4) is 0 Å². The molecule has 4 heteroatoms. The molecule has 0 bridgehead atoms. The van der Waals surface area contributed by atoms with E-state index in [1.54, 1.807) is 24.2 Å². The zero-order valence-electron chi connectivity index (χ0n) is 16.5. The molecule has 1 nitrogen and oxygen atoms in total. The van der Waals surface area contributed by atoms with E-state index in [4.69, 9.17) is 0 Å². The second-order valence-electron chi connectivity index (χ2n) is 6.57. The summed E-state index contributed by atoms with van der Waals surface area (Å²) in [7, 11) is 0. The van der Waals surface area contributed by atoms with Gasteiger partial charge in [-0.3, -0.25) is 6.08 Å². The first-order valence-corrected chi connectivity index (χ1v) is 10.3. The van der Waals surface area contributed by atoms with Gasteiger partial charge >= 0.3 is 41.3 Å². The molecule has 5 rings (SSSR count). The molecule has 2 aromatic carbocycles. The third-order valence-electron chi connectivity index (χ3n) is 3.99. The first kappa shape index (κ1) is 25.4. The molecule has 146 valence electrons. The fraction of sp³-hybridized carbons (Fsp3) is 0.120. The zero-order chi connectivity index (χ0) is 19.1. The maximum Gasteiger partial charge on any atom is -0.109 e. The topological polar surface area (TPSA) is 12.4 Å². The molecule has 0 radical (unpaired) electrons. The van der Waals surface area contributed by atoms with Crippen molar-refractivity contribution in [2.24, 2.45) is 4.99 Å². The number of hydrogen-bond donors (Lipinski definition) is 0. The normalized spacial score (nSPS) is 14.3. The molecule has 29 heavy (non-hydrogen) atoms. The van der Waals surface area contributed by atoms with Crippen molar-refractivity contribution in [3.05, 3.63) is 108 Å². The van der Waals surface area contributed by atoms with Gasteiger partial charge in [0.25, 0.3) is 0 Å². The van der Waals surface area contributed by atoms with E-state index in [0.717, 1.165) is 17.8 Å². The Morgan fingerprint density at radius 2 is 1.72 bits per heavy atom. The fourth-order valence-corrected chi connectivity index (χ4v) is 2.79. The summed E-state index contributed by atoms with van der Waals surface area (Å²) in [4.78, 5) is 4.65. The Bertz CT molecular complexity index is 1030. The van der Waals surface area contributed by atoms with Crippen molar-refractivity contribution in [1.82, 2.24) is 0 Å². The number of halogens is 2. The number of allylic oxidation sites excluding steroid dienone is 8. The van der Waals surface area contributed by atoms with Gasteiger partial charge in [-0.05, 0) is 29.0 Å². The van der Waals surface area contributed by atoms with Crippen LogP contribution < -0.4 is 24.8 Å². The third-order valence-corrected chi connectivity index (χ3v) is 3.99. The van der Waals surface area contributed by atoms with E-state index in [9.17, 15) is 0 Å². The Kier molecular flexibility index (Phi) is 11.3. The third kappa shape index (κ3) is 7.63. The van der Waals surface area contributed by atoms with E-state index in [-0.39, 0.29) is 24.8 Å². The molecule has 2 aliphatic carbocycles. The first-order chi connectivity index (χ1) is 13.1. The van der Waals surface area contributed by atoms with Crippen molar-refractivity contribution >= 4 is 19.7 Å². The number of hydrogen-bond acceptors (Lipinski definition) is 1. The minimum absolute atomic E-state index is 0. The van der Waals surface area contributed by atoms with Crippen LogP contribution in [0.25, 0.3) is 10.8 Å². The second kappa shape index (κ2) is 12.9. The average molecular weight is 499 g/mol. The molecule has 2 aromatic rings. The first-order valence-electron chi connectivity index (χ1n) is 9.05. The Hall–Kier alpha value is -1.60. The maximum absolute atomic E-state index is 4.65. The molecule has 0 fully saturated rings. The van der Waals surface area contributed by atoms with Gasteiger partial charge < -0.3 is 24.8 Å². The van der Waals surface area contributed by atoms with E-state index < -0.39 is 0 Å². The average Bonchev–Trinajstić information content (AvgIpc) is 3.39. The molecule has 0 unspecified atom stereocenters. The van der Waals surface area contributed by atoms with Gasteiger partial charge in [-0.2, -0.15) is 6.08 Å². The molecule has 0 amide bonds. The van der Waals surface area contributed by atoms with E-state index in [1.165, 1.54) is 25.1 Å². The van der Waals surface area contributed by atoms with Gasteiger partial charge in [0, 0.05) is 11.1 Å². The zero-order valence-corrected chi connectivity index (χ0v) is 20.5. The molecule has 1 aliphatic heterocycles. The van der Waals surface area contributed by atoms with Crippen LogP contribution in [0.4, 0.5) is 0 Å². The molecular weight excluding hydrogens is 476 g/mol. The van der Waals surface area contributed by atoms with Crippen molar-refractivity contribution in [2.45, 2.75) is 20.3 Å². The largest absolute Gasteiger partial charge is 1.00 e. The van der Waals surface area contributed by atoms with Gasteiger partial charge in [-0.15, -0.1) is 6.42 Å². The SMILES string of the molecule is C1=CC2=CC(c3ccc4ccccc4c3)=NC2=C1.C[C](C)=[Zr+2].[C-]1=CC=CC1.[Cl-].[Cl-]. The summed E-state index contributed by atoms with van der Waals surface area (Å²) in [6, 6.07) is 14.9. The predicted octanol–water partition coefficient (Wildman–Crippen LogP) is 0.0817. The quantitative estimate of drug-likeness (QED) is 0.494. The Morgan fingerprint density at radius 1 is 1.00 bits per heavy atom. The minimum atomic E-state index is 0. The van der Waals surface area contributed by atoms with E-state index in [2.05, 4.69) is 91.7 Å². The molecule has 3 aliphatic rings. The molecule has 0 atom stereocenters. The number of benzene rings is 2. The molecular formula is C25H22Cl2NZr-. The van der Waals surface area contributed by atoms with E-state index >= 15 is 0 Å². The van der Waals surface area contributed by atoms with Crippen LogP contribution in [0.3, 0.4) is 0 Å². The molecule has 0 saturated carbocycles. The van der Waals surface area contributed by atoms with Crippen molar-refractivity contribution < 1.29 is 49.0 Å². The number of aliphatic imine (C=N–C) groups is 1. The van der Waals surface area contributed by atoms with Crippen LogP contribution in [0.5, 0.6) is 0 Å². The van der Waals surface area contributed by atoms with Crippen LogP contribution >= 0.6 is 0 Å². The van der Waals surface area contributed by atoms with E-state index in [0.29, 0.717) is 0 Å². The summed E-state index contributed by atoms with van der Waals surface area (Å²) < 4.78 is 1.51. The van der Waals surface area contributed by atoms with Crippen LogP contribution in [0, 0.1) is 6.08 Å². The summed E-state index contributed by atoms with van der Waals surface area (Å²) in [5.41, 5.74) is 4.55. The summed E-state index contributed by atoms with van der Waals surface area (Å²) in [5, 5.41) is 2.53. The number of nitrogens with zero attached hydrogens (tertiary/aromatic N) is 1. The van der Waals surface area contributed by atoms with Crippen molar-refractivity contribution in [2.75, 3.05) is 0 Å². The number of rotatable bonds is 1. The number of fused-ring (bicyclic) bond motifs is 2. The van der Waals surface area contributed by atoms with Gasteiger partial charge in [-0.25, -0.2) is 17.1 Å². The minimum Gasteiger partial charge on any atom is -1.00 e. The Morgan fingerprint density at radius 3 is 2.31 bits per heavy atom. The van der Waals surface area contributed by atoms with Crippen LogP contribution in [0.2, 0.25) is 0 Å². The Labute approximate surface area is 200 Å². The maximum atomic E-state index is 4.65.